The van der Waals surface area contributed by atoms with E-state index in [1.165, 1.54) is 25.7 Å². The highest BCUT2D eigenvalue weighted by Crippen LogP contribution is 2.49. The molecular weight excluding hydrogens is 122 g/mol. The Morgan fingerprint density at radius 2 is 2.10 bits per heavy atom. The number of hydrogen-bond acceptors (Lipinski definition) is 1. The van der Waals surface area contributed by atoms with Crippen LogP contribution in [0.4, 0.5) is 0 Å². The lowest BCUT2D eigenvalue weighted by atomic mass is 9.84. The Hall–Kier alpha value is -0.0400. The van der Waals surface area contributed by atoms with Crippen molar-refractivity contribution < 1.29 is 0 Å². The molecule has 0 unspecified atom stereocenters. The van der Waals surface area contributed by atoms with Gasteiger partial charge in [-0.2, -0.15) is 0 Å². The Bertz CT molecular complexity index is 131. The smallest absolute Gasteiger partial charge is 0.00415 e. The van der Waals surface area contributed by atoms with Crippen molar-refractivity contribution in [2.75, 3.05) is 0 Å². The zero-order valence-corrected chi connectivity index (χ0v) is 6.72. The van der Waals surface area contributed by atoms with Gasteiger partial charge < -0.3 is 5.73 Å². The van der Waals surface area contributed by atoms with Crippen molar-refractivity contribution in [1.82, 2.24) is 0 Å². The quantitative estimate of drug-likeness (QED) is 0.588. The van der Waals surface area contributed by atoms with Crippen molar-refractivity contribution in [3.05, 3.63) is 0 Å². The van der Waals surface area contributed by atoms with Crippen molar-refractivity contribution in [3.8, 4) is 0 Å². The zero-order chi connectivity index (χ0) is 7.14. The third-order valence-corrected chi connectivity index (χ3v) is 3.47. The molecule has 2 N–H and O–H groups in total. The van der Waals surface area contributed by atoms with Crippen molar-refractivity contribution in [1.29, 1.82) is 0 Å². The topological polar surface area (TPSA) is 26.0 Å². The van der Waals surface area contributed by atoms with E-state index in [0.717, 1.165) is 17.8 Å². The Morgan fingerprint density at radius 3 is 2.40 bits per heavy atom. The van der Waals surface area contributed by atoms with Gasteiger partial charge in [0.25, 0.3) is 0 Å². The summed E-state index contributed by atoms with van der Waals surface area (Å²) in [4.78, 5) is 0. The molecule has 2 aliphatic carbocycles. The average molecular weight is 139 g/mol. The van der Waals surface area contributed by atoms with E-state index in [1.807, 2.05) is 0 Å². The minimum Gasteiger partial charge on any atom is -0.328 e. The zero-order valence-electron chi connectivity index (χ0n) is 6.72. The molecule has 0 spiro atoms. The highest BCUT2D eigenvalue weighted by atomic mass is 14.7. The number of nitrogens with two attached hydrogens (primary N) is 1. The summed E-state index contributed by atoms with van der Waals surface area (Å²) >= 11 is 0. The molecular formula is C9H17N. The van der Waals surface area contributed by atoms with Gasteiger partial charge in [-0.05, 0) is 43.9 Å². The van der Waals surface area contributed by atoms with Crippen LogP contribution in [0.15, 0.2) is 0 Å². The van der Waals surface area contributed by atoms with E-state index in [2.05, 4.69) is 6.92 Å². The predicted molar refractivity (Wildman–Crippen MR) is 42.6 cm³/mol. The number of rotatable bonds is 1. The maximum absolute atomic E-state index is 5.88. The van der Waals surface area contributed by atoms with Crippen LogP contribution in [0.2, 0.25) is 0 Å². The summed E-state index contributed by atoms with van der Waals surface area (Å²) in [5, 5.41) is 0. The van der Waals surface area contributed by atoms with E-state index in [1.54, 1.807) is 0 Å². The van der Waals surface area contributed by atoms with Crippen molar-refractivity contribution in [2.24, 2.45) is 23.5 Å². The van der Waals surface area contributed by atoms with Gasteiger partial charge in [-0.25, -0.2) is 0 Å². The number of fused-ring (bicyclic) bond motifs is 2. The molecule has 58 valence electrons. The van der Waals surface area contributed by atoms with Gasteiger partial charge in [0.15, 0.2) is 0 Å². The molecule has 0 amide bonds. The van der Waals surface area contributed by atoms with Gasteiger partial charge in [-0.1, -0.05) is 6.42 Å². The van der Waals surface area contributed by atoms with Crippen molar-refractivity contribution >= 4 is 0 Å². The van der Waals surface area contributed by atoms with Crippen molar-refractivity contribution in [2.45, 2.75) is 38.6 Å². The molecule has 2 bridgehead atoms. The van der Waals surface area contributed by atoms with Gasteiger partial charge >= 0.3 is 0 Å². The molecule has 10 heavy (non-hydrogen) atoms. The lowest BCUT2D eigenvalue weighted by molar-refractivity contribution is 0.293. The van der Waals surface area contributed by atoms with E-state index in [0.29, 0.717) is 6.04 Å². The van der Waals surface area contributed by atoms with Gasteiger partial charge in [-0.15, -0.1) is 0 Å². The van der Waals surface area contributed by atoms with E-state index < -0.39 is 0 Å². The van der Waals surface area contributed by atoms with Gasteiger partial charge in [0.05, 0.1) is 0 Å². The molecule has 2 saturated carbocycles. The Morgan fingerprint density at radius 1 is 1.30 bits per heavy atom. The third-order valence-electron chi connectivity index (χ3n) is 3.47. The van der Waals surface area contributed by atoms with Crippen LogP contribution >= 0.6 is 0 Å². The van der Waals surface area contributed by atoms with Crippen LogP contribution in [0, 0.1) is 17.8 Å². The molecule has 0 heterocycles. The molecule has 0 saturated heterocycles. The Kier molecular flexibility index (Phi) is 1.48. The fourth-order valence-electron chi connectivity index (χ4n) is 2.94. The first-order valence-electron chi connectivity index (χ1n) is 4.53. The maximum Gasteiger partial charge on any atom is 0.00415 e. The molecule has 1 nitrogen and oxygen atoms in total. The van der Waals surface area contributed by atoms with E-state index in [9.17, 15) is 0 Å². The maximum atomic E-state index is 5.88. The highest BCUT2D eigenvalue weighted by Gasteiger charge is 2.40. The fourth-order valence-corrected chi connectivity index (χ4v) is 2.94. The predicted octanol–water partition coefficient (Wildman–Crippen LogP) is 1.77. The second-order valence-corrected chi connectivity index (χ2v) is 4.20. The van der Waals surface area contributed by atoms with E-state index >= 15 is 0 Å². The molecule has 0 aromatic rings. The summed E-state index contributed by atoms with van der Waals surface area (Å²) in [6, 6.07) is 0.454. The standard InChI is InChI=1S/C9H17N/c1-6(10)9-5-7-2-3-8(9)4-7/h6-9H,2-5,10H2,1H3/t6-,7-,8+,9+/m0/s1. The normalized spacial score (nSPS) is 48.0. The van der Waals surface area contributed by atoms with Gasteiger partial charge in [-0.3, -0.25) is 0 Å². The first-order chi connectivity index (χ1) is 4.77. The molecule has 0 aromatic heterocycles. The van der Waals surface area contributed by atoms with Crippen LogP contribution in [0.1, 0.15) is 32.6 Å². The van der Waals surface area contributed by atoms with E-state index in [4.69, 9.17) is 5.73 Å². The molecule has 2 rings (SSSR count). The second kappa shape index (κ2) is 2.23. The van der Waals surface area contributed by atoms with Gasteiger partial charge in [0.2, 0.25) is 0 Å². The lowest BCUT2D eigenvalue weighted by Crippen LogP contribution is -2.30. The van der Waals surface area contributed by atoms with Crippen LogP contribution in [-0.4, -0.2) is 6.04 Å². The van der Waals surface area contributed by atoms with Crippen LogP contribution < -0.4 is 5.73 Å². The molecule has 2 aliphatic rings. The summed E-state index contributed by atoms with van der Waals surface area (Å²) in [5.41, 5.74) is 5.88. The highest BCUT2D eigenvalue weighted by molar-refractivity contribution is 4.92. The minimum atomic E-state index is 0.454. The fraction of sp³-hybridized carbons (Fsp3) is 1.00. The van der Waals surface area contributed by atoms with E-state index in [-0.39, 0.29) is 0 Å². The minimum absolute atomic E-state index is 0.454. The summed E-state index contributed by atoms with van der Waals surface area (Å²) in [5.74, 6) is 2.93. The summed E-state index contributed by atoms with van der Waals surface area (Å²) in [6.07, 6.45) is 5.89. The molecule has 0 aromatic carbocycles. The first-order valence-corrected chi connectivity index (χ1v) is 4.53. The van der Waals surface area contributed by atoms with Crippen LogP contribution in [0.5, 0.6) is 0 Å². The molecule has 1 heteroatoms. The summed E-state index contributed by atoms with van der Waals surface area (Å²) in [6.45, 7) is 2.17. The summed E-state index contributed by atoms with van der Waals surface area (Å²) < 4.78 is 0. The van der Waals surface area contributed by atoms with Crippen LogP contribution in [-0.2, 0) is 0 Å². The van der Waals surface area contributed by atoms with Crippen LogP contribution in [0.3, 0.4) is 0 Å². The second-order valence-electron chi connectivity index (χ2n) is 4.20. The van der Waals surface area contributed by atoms with Gasteiger partial charge in [0, 0.05) is 6.04 Å². The van der Waals surface area contributed by atoms with Crippen molar-refractivity contribution in [3.63, 3.8) is 0 Å². The third kappa shape index (κ3) is 0.878. The molecule has 0 aliphatic heterocycles. The van der Waals surface area contributed by atoms with Gasteiger partial charge in [0.1, 0.15) is 0 Å². The SMILES string of the molecule is C[C@H](N)[C@H]1C[C@H]2CC[C@@H]1C2. The molecule has 2 fully saturated rings. The first kappa shape index (κ1) is 6.66. The Labute approximate surface area is 63.0 Å². The molecule has 0 radical (unpaired) electrons. The summed E-state index contributed by atoms with van der Waals surface area (Å²) in [7, 11) is 0. The van der Waals surface area contributed by atoms with Crippen LogP contribution in [0.25, 0.3) is 0 Å². The molecule has 4 atom stereocenters. The lowest BCUT2D eigenvalue weighted by Gasteiger charge is -2.24. The number of hydrogen-bond donors (Lipinski definition) is 1. The monoisotopic (exact) mass is 139 g/mol. The average Bonchev–Trinajstić information content (AvgIpc) is 2.44. The largest absolute Gasteiger partial charge is 0.328 e. The Balaban J connectivity index is 2.02.